The number of aromatic nitrogens is 3. The standard InChI is InChI=1S/C15H18N4O4/c1-15(10-23-2,8-13(20)21)17-14(22)12-9-16-19(18-12)11-6-4-3-5-7-11/h3-7,9H,8,10H2,1-2H3,(H,17,22)(H,20,21). The van der Waals surface area contributed by atoms with E-state index < -0.39 is 17.4 Å². The third-order valence-electron chi connectivity index (χ3n) is 3.13. The summed E-state index contributed by atoms with van der Waals surface area (Å²) in [4.78, 5) is 24.6. The smallest absolute Gasteiger partial charge is 0.305 e. The van der Waals surface area contributed by atoms with Crippen LogP contribution in [0.3, 0.4) is 0 Å². The van der Waals surface area contributed by atoms with E-state index in [4.69, 9.17) is 9.84 Å². The lowest BCUT2D eigenvalue weighted by atomic mass is 9.99. The van der Waals surface area contributed by atoms with Crippen LogP contribution < -0.4 is 5.32 Å². The topological polar surface area (TPSA) is 106 Å². The van der Waals surface area contributed by atoms with E-state index in [2.05, 4.69) is 15.5 Å². The highest BCUT2D eigenvalue weighted by Crippen LogP contribution is 2.12. The number of nitrogens with zero attached hydrogens (tertiary/aromatic N) is 3. The summed E-state index contributed by atoms with van der Waals surface area (Å²) in [5, 5.41) is 19.8. The van der Waals surface area contributed by atoms with Gasteiger partial charge in [0, 0.05) is 7.11 Å². The van der Waals surface area contributed by atoms with Crippen LogP contribution in [0.1, 0.15) is 23.8 Å². The van der Waals surface area contributed by atoms with E-state index in [0.29, 0.717) is 0 Å². The van der Waals surface area contributed by atoms with Crippen molar-refractivity contribution in [3.05, 3.63) is 42.2 Å². The summed E-state index contributed by atoms with van der Waals surface area (Å²) in [6.45, 7) is 1.67. The summed E-state index contributed by atoms with van der Waals surface area (Å²) < 4.78 is 5.00. The van der Waals surface area contributed by atoms with Gasteiger partial charge < -0.3 is 15.2 Å². The molecule has 2 N–H and O–H groups in total. The first kappa shape index (κ1) is 16.6. The minimum absolute atomic E-state index is 0.0673. The highest BCUT2D eigenvalue weighted by Gasteiger charge is 2.30. The Bertz CT molecular complexity index is 686. The highest BCUT2D eigenvalue weighted by atomic mass is 16.5. The molecule has 0 saturated carbocycles. The van der Waals surface area contributed by atoms with E-state index in [0.717, 1.165) is 5.69 Å². The number of carboxylic acid groups (broad SMARTS) is 1. The normalized spacial score (nSPS) is 13.3. The minimum Gasteiger partial charge on any atom is -0.481 e. The molecule has 1 aromatic carbocycles. The second-order valence-electron chi connectivity index (χ2n) is 5.37. The number of aliphatic carboxylic acids is 1. The predicted molar refractivity (Wildman–Crippen MR) is 81.4 cm³/mol. The van der Waals surface area contributed by atoms with Crippen molar-refractivity contribution in [2.45, 2.75) is 18.9 Å². The van der Waals surface area contributed by atoms with Gasteiger partial charge in [-0.2, -0.15) is 9.90 Å². The highest BCUT2D eigenvalue weighted by molar-refractivity contribution is 5.92. The van der Waals surface area contributed by atoms with E-state index in [1.165, 1.54) is 18.1 Å². The number of ether oxygens (including phenoxy) is 1. The number of benzene rings is 1. The van der Waals surface area contributed by atoms with Crippen LogP contribution in [0.25, 0.3) is 5.69 Å². The molecule has 0 bridgehead atoms. The molecule has 0 aliphatic rings. The number of hydrogen-bond donors (Lipinski definition) is 2. The van der Waals surface area contributed by atoms with E-state index in [9.17, 15) is 9.59 Å². The zero-order valence-electron chi connectivity index (χ0n) is 12.9. The monoisotopic (exact) mass is 318 g/mol. The quantitative estimate of drug-likeness (QED) is 0.785. The number of rotatable bonds is 7. The van der Waals surface area contributed by atoms with Crippen molar-refractivity contribution < 1.29 is 19.4 Å². The average molecular weight is 318 g/mol. The zero-order valence-corrected chi connectivity index (χ0v) is 12.9. The van der Waals surface area contributed by atoms with Crippen molar-refractivity contribution in [1.82, 2.24) is 20.3 Å². The summed E-state index contributed by atoms with van der Waals surface area (Å²) in [7, 11) is 1.44. The fourth-order valence-corrected chi connectivity index (χ4v) is 2.17. The molecule has 1 atom stereocenters. The number of amides is 1. The summed E-state index contributed by atoms with van der Waals surface area (Å²) in [6.07, 6.45) is 1.07. The Balaban J connectivity index is 2.14. The van der Waals surface area contributed by atoms with Crippen molar-refractivity contribution in [2.75, 3.05) is 13.7 Å². The van der Waals surface area contributed by atoms with Gasteiger partial charge in [0.1, 0.15) is 0 Å². The molecule has 2 aromatic rings. The van der Waals surface area contributed by atoms with Crippen molar-refractivity contribution in [1.29, 1.82) is 0 Å². The lowest BCUT2D eigenvalue weighted by Crippen LogP contribution is -2.50. The van der Waals surface area contributed by atoms with Crippen molar-refractivity contribution in [3.8, 4) is 5.69 Å². The molecule has 0 spiro atoms. The Hall–Kier alpha value is -2.74. The van der Waals surface area contributed by atoms with E-state index in [-0.39, 0.29) is 18.7 Å². The first-order chi connectivity index (χ1) is 10.9. The molecule has 0 radical (unpaired) electrons. The van der Waals surface area contributed by atoms with Gasteiger partial charge in [-0.25, -0.2) is 0 Å². The first-order valence-electron chi connectivity index (χ1n) is 6.94. The van der Waals surface area contributed by atoms with Gasteiger partial charge in [0.15, 0.2) is 5.69 Å². The molecule has 0 aliphatic heterocycles. The molecule has 1 unspecified atom stereocenters. The van der Waals surface area contributed by atoms with Crippen LogP contribution >= 0.6 is 0 Å². The van der Waals surface area contributed by atoms with Crippen LogP contribution in [0.4, 0.5) is 0 Å². The summed E-state index contributed by atoms with van der Waals surface area (Å²) in [6, 6.07) is 9.15. The van der Waals surface area contributed by atoms with Gasteiger partial charge in [0.2, 0.25) is 0 Å². The second kappa shape index (κ2) is 7.01. The van der Waals surface area contributed by atoms with Crippen LogP contribution in [0.2, 0.25) is 0 Å². The Morgan fingerprint density at radius 1 is 1.35 bits per heavy atom. The number of carbonyl (C=O) groups excluding carboxylic acids is 1. The Morgan fingerprint density at radius 3 is 2.65 bits per heavy atom. The van der Waals surface area contributed by atoms with Crippen LogP contribution in [0, 0.1) is 0 Å². The van der Waals surface area contributed by atoms with E-state index in [1.54, 1.807) is 19.1 Å². The van der Waals surface area contributed by atoms with Crippen LogP contribution in [0.5, 0.6) is 0 Å². The van der Waals surface area contributed by atoms with Gasteiger partial charge in [-0.15, -0.1) is 5.10 Å². The summed E-state index contributed by atoms with van der Waals surface area (Å²) in [5.74, 6) is -1.54. The molecule has 1 amide bonds. The maximum Gasteiger partial charge on any atom is 0.305 e. The molecular weight excluding hydrogens is 300 g/mol. The Kier molecular flexibility index (Phi) is 5.07. The summed E-state index contributed by atoms with van der Waals surface area (Å²) >= 11 is 0. The molecule has 1 aromatic heterocycles. The van der Waals surface area contributed by atoms with Gasteiger partial charge in [-0.1, -0.05) is 18.2 Å². The van der Waals surface area contributed by atoms with Gasteiger partial charge in [-0.05, 0) is 19.1 Å². The van der Waals surface area contributed by atoms with Crippen LogP contribution in [0.15, 0.2) is 36.5 Å². The minimum atomic E-state index is -1.03. The van der Waals surface area contributed by atoms with Gasteiger partial charge in [-0.3, -0.25) is 9.59 Å². The van der Waals surface area contributed by atoms with Crippen LogP contribution in [-0.2, 0) is 9.53 Å². The largest absolute Gasteiger partial charge is 0.481 e. The maximum absolute atomic E-state index is 12.3. The first-order valence-corrected chi connectivity index (χ1v) is 6.94. The van der Waals surface area contributed by atoms with E-state index in [1.807, 2.05) is 18.2 Å². The molecule has 2 rings (SSSR count). The molecule has 0 aliphatic carbocycles. The van der Waals surface area contributed by atoms with Gasteiger partial charge in [0.05, 0.1) is 30.5 Å². The third kappa shape index (κ3) is 4.36. The lowest BCUT2D eigenvalue weighted by molar-refractivity contribution is -0.139. The summed E-state index contributed by atoms with van der Waals surface area (Å²) in [5.41, 5.74) is -0.216. The van der Waals surface area contributed by atoms with Crippen molar-refractivity contribution in [3.63, 3.8) is 0 Å². The predicted octanol–water partition coefficient (Wildman–Crippen LogP) is 0.877. The number of carboxylic acids is 1. The molecule has 0 saturated heterocycles. The zero-order chi connectivity index (χ0) is 16.9. The number of para-hydroxylation sites is 1. The molecule has 8 heteroatoms. The second-order valence-corrected chi connectivity index (χ2v) is 5.37. The van der Waals surface area contributed by atoms with Crippen LogP contribution in [-0.4, -0.2) is 51.2 Å². The number of methoxy groups -OCH3 is 1. The lowest BCUT2D eigenvalue weighted by Gasteiger charge is -2.27. The van der Waals surface area contributed by atoms with Crippen molar-refractivity contribution >= 4 is 11.9 Å². The molecule has 23 heavy (non-hydrogen) atoms. The number of hydrogen-bond acceptors (Lipinski definition) is 5. The fraction of sp³-hybridized carbons (Fsp3) is 0.333. The molecule has 1 heterocycles. The SMILES string of the molecule is COCC(C)(CC(=O)O)NC(=O)c1cnn(-c2ccccc2)n1. The Labute approximate surface area is 133 Å². The van der Waals surface area contributed by atoms with Gasteiger partial charge in [0.25, 0.3) is 5.91 Å². The molecule has 8 nitrogen and oxygen atoms in total. The number of nitrogens with one attached hydrogen (secondary N) is 1. The fourth-order valence-electron chi connectivity index (χ4n) is 2.17. The third-order valence-corrected chi connectivity index (χ3v) is 3.13. The Morgan fingerprint density at radius 2 is 2.04 bits per heavy atom. The molecule has 122 valence electrons. The number of carbonyl (C=O) groups is 2. The molecular formula is C15H18N4O4. The van der Waals surface area contributed by atoms with Crippen molar-refractivity contribution in [2.24, 2.45) is 0 Å². The van der Waals surface area contributed by atoms with Gasteiger partial charge >= 0.3 is 5.97 Å². The average Bonchev–Trinajstić information content (AvgIpc) is 2.97. The molecule has 0 fully saturated rings. The van der Waals surface area contributed by atoms with E-state index >= 15 is 0 Å². The maximum atomic E-state index is 12.3.